The third kappa shape index (κ3) is 5.79. The van der Waals surface area contributed by atoms with E-state index in [9.17, 15) is 24.3 Å². The first-order valence-electron chi connectivity index (χ1n) is 10.4. The monoisotopic (exact) mass is 457 g/mol. The van der Waals surface area contributed by atoms with Gasteiger partial charge in [-0.15, -0.1) is 0 Å². The number of rotatable bonds is 9. The van der Waals surface area contributed by atoms with E-state index in [0.717, 1.165) is 5.69 Å². The Morgan fingerprint density at radius 2 is 2.00 bits per heavy atom. The summed E-state index contributed by atoms with van der Waals surface area (Å²) in [6.07, 6.45) is 0.109. The molecule has 2 atom stereocenters. The zero-order chi connectivity index (χ0) is 24.1. The topological polar surface area (TPSA) is 183 Å². The van der Waals surface area contributed by atoms with Crippen molar-refractivity contribution >= 4 is 40.8 Å². The van der Waals surface area contributed by atoms with E-state index >= 15 is 0 Å². The number of carboxylic acids is 1. The van der Waals surface area contributed by atoms with Crippen molar-refractivity contribution in [3.05, 3.63) is 40.2 Å². The van der Waals surface area contributed by atoms with Gasteiger partial charge in [0.1, 0.15) is 23.3 Å². The summed E-state index contributed by atoms with van der Waals surface area (Å²) >= 11 is 0. The van der Waals surface area contributed by atoms with Gasteiger partial charge in [-0.05, 0) is 37.6 Å². The molecule has 0 saturated heterocycles. The minimum atomic E-state index is -1.19. The summed E-state index contributed by atoms with van der Waals surface area (Å²) in [5, 5.41) is 18.1. The van der Waals surface area contributed by atoms with Crippen molar-refractivity contribution in [2.24, 2.45) is 0 Å². The molecule has 33 heavy (non-hydrogen) atoms. The van der Waals surface area contributed by atoms with Gasteiger partial charge >= 0.3 is 5.97 Å². The molecule has 1 unspecified atom stereocenters. The number of H-pyrrole nitrogens is 1. The summed E-state index contributed by atoms with van der Waals surface area (Å²) in [5.74, 6) is -1.28. The van der Waals surface area contributed by atoms with Gasteiger partial charge in [0, 0.05) is 37.8 Å². The molecule has 0 aliphatic carbocycles. The third-order valence-corrected chi connectivity index (χ3v) is 5.41. The Hall–Kier alpha value is -4.09. The Bertz CT molecular complexity index is 1100. The van der Waals surface area contributed by atoms with E-state index in [-0.39, 0.29) is 30.6 Å². The highest BCUT2D eigenvalue weighted by molar-refractivity contribution is 5.97. The molecule has 0 fully saturated rings. The Morgan fingerprint density at radius 3 is 2.64 bits per heavy atom. The van der Waals surface area contributed by atoms with E-state index in [1.54, 1.807) is 31.3 Å². The number of nitrogens with one attached hydrogen (secondary N) is 4. The number of aliphatic carboxylic acids is 1. The lowest BCUT2D eigenvalue weighted by atomic mass is 10.1. The van der Waals surface area contributed by atoms with E-state index in [1.807, 2.05) is 4.90 Å². The number of carboxylic acid groups (broad SMARTS) is 1. The molecule has 0 bridgehead atoms. The lowest BCUT2D eigenvalue weighted by Gasteiger charge is -2.35. The van der Waals surface area contributed by atoms with Gasteiger partial charge in [0.05, 0.1) is 6.04 Å². The number of hydrogen-bond acceptors (Lipinski definition) is 9. The van der Waals surface area contributed by atoms with Crippen molar-refractivity contribution in [3.8, 4) is 0 Å². The van der Waals surface area contributed by atoms with Gasteiger partial charge < -0.3 is 41.5 Å². The molecule has 1 aliphatic rings. The number of aromatic amines is 1. The summed E-state index contributed by atoms with van der Waals surface area (Å²) in [6.45, 7) is 2.44. The molecule has 0 saturated carbocycles. The highest BCUT2D eigenvalue weighted by Crippen LogP contribution is 2.25. The molecule has 1 amide bonds. The van der Waals surface area contributed by atoms with Crippen LogP contribution in [0.15, 0.2) is 29.1 Å². The second-order valence-corrected chi connectivity index (χ2v) is 7.86. The van der Waals surface area contributed by atoms with Crippen molar-refractivity contribution in [3.63, 3.8) is 0 Å². The van der Waals surface area contributed by atoms with Crippen molar-refractivity contribution < 1.29 is 19.5 Å². The Kier molecular flexibility index (Phi) is 7.16. The van der Waals surface area contributed by atoms with Crippen LogP contribution in [0.1, 0.15) is 30.1 Å². The van der Waals surface area contributed by atoms with Gasteiger partial charge in [-0.1, -0.05) is 0 Å². The van der Waals surface area contributed by atoms with Crippen LogP contribution in [0.5, 0.6) is 0 Å². The Balaban J connectivity index is 1.58. The number of carbonyl (C=O) groups is 3. The molecule has 1 aliphatic heterocycles. The van der Waals surface area contributed by atoms with Crippen molar-refractivity contribution in [2.45, 2.75) is 31.8 Å². The second kappa shape index (κ2) is 10.0. The lowest BCUT2D eigenvalue weighted by molar-refractivity contribution is -0.139. The average Bonchev–Trinajstić information content (AvgIpc) is 2.75. The van der Waals surface area contributed by atoms with Gasteiger partial charge in [0.15, 0.2) is 0 Å². The summed E-state index contributed by atoms with van der Waals surface area (Å²) in [7, 11) is 1.80. The molecular formula is C21H27N7O5. The van der Waals surface area contributed by atoms with Crippen LogP contribution in [0.2, 0.25) is 0 Å². The van der Waals surface area contributed by atoms with Gasteiger partial charge in [-0.2, -0.15) is 4.98 Å². The molecule has 0 radical (unpaired) electrons. The number of ketones is 1. The third-order valence-electron chi connectivity index (χ3n) is 5.41. The van der Waals surface area contributed by atoms with Crippen LogP contribution in [-0.4, -0.2) is 65.0 Å². The molecule has 176 valence electrons. The molecule has 1 aromatic heterocycles. The SMILES string of the molecule is CC(=O)CC[C@H](NC(=O)c1ccc(NCC2CNc3[nH]c(N)nc(=O)c3N2C)cc1)C(=O)O. The quantitative estimate of drug-likeness (QED) is 0.305. The second-order valence-electron chi connectivity index (χ2n) is 7.86. The van der Waals surface area contributed by atoms with Crippen molar-refractivity contribution in [1.29, 1.82) is 0 Å². The summed E-state index contributed by atoms with van der Waals surface area (Å²) in [4.78, 5) is 55.5. The van der Waals surface area contributed by atoms with Crippen molar-refractivity contribution in [2.75, 3.05) is 41.4 Å². The van der Waals surface area contributed by atoms with Crippen LogP contribution in [0.3, 0.4) is 0 Å². The van der Waals surface area contributed by atoms with Crippen LogP contribution in [-0.2, 0) is 9.59 Å². The standard InChI is InChI=1S/C21H27N7O5/c1-11(29)3-8-15(20(32)33)25-18(30)12-4-6-13(7-5-12)23-9-14-10-24-17-16(28(14)2)19(31)27-21(22)26-17/h4-7,14-15,23H,3,8-10H2,1-2H3,(H,25,30)(H,32,33)(H4,22,24,26,27,31)/t14?,15-/m0/s1. The first-order valence-corrected chi connectivity index (χ1v) is 10.4. The number of amides is 1. The number of likely N-dealkylation sites (N-methyl/N-ethyl adjacent to an activating group) is 1. The highest BCUT2D eigenvalue weighted by Gasteiger charge is 2.27. The van der Waals surface area contributed by atoms with Gasteiger partial charge in [0.25, 0.3) is 11.5 Å². The fourth-order valence-electron chi connectivity index (χ4n) is 3.51. The molecule has 1 aromatic carbocycles. The number of benzene rings is 1. The fourth-order valence-corrected chi connectivity index (χ4v) is 3.51. The molecule has 0 spiro atoms. The molecule has 3 rings (SSSR count). The summed E-state index contributed by atoms with van der Waals surface area (Å²) in [5.41, 5.74) is 6.63. The molecule has 7 N–H and O–H groups in total. The van der Waals surface area contributed by atoms with Crippen LogP contribution in [0.25, 0.3) is 0 Å². The largest absolute Gasteiger partial charge is 0.480 e. The van der Waals surface area contributed by atoms with Crippen LogP contribution < -0.4 is 32.1 Å². The predicted octanol–water partition coefficient (Wildman–Crippen LogP) is 0.247. The summed E-state index contributed by atoms with van der Waals surface area (Å²) in [6, 6.07) is 5.39. The van der Waals surface area contributed by atoms with E-state index in [4.69, 9.17) is 5.73 Å². The van der Waals surface area contributed by atoms with Crippen LogP contribution >= 0.6 is 0 Å². The minimum absolute atomic E-state index is 0.0348. The zero-order valence-electron chi connectivity index (χ0n) is 18.3. The number of anilines is 4. The maximum atomic E-state index is 12.4. The zero-order valence-corrected chi connectivity index (χ0v) is 18.3. The molecular weight excluding hydrogens is 430 g/mol. The maximum absolute atomic E-state index is 12.4. The van der Waals surface area contributed by atoms with Crippen LogP contribution in [0.4, 0.5) is 23.1 Å². The normalized spacial score (nSPS) is 15.7. The van der Waals surface area contributed by atoms with E-state index < -0.39 is 23.5 Å². The van der Waals surface area contributed by atoms with E-state index in [1.165, 1.54) is 6.92 Å². The minimum Gasteiger partial charge on any atom is -0.480 e. The molecule has 12 nitrogen and oxygen atoms in total. The van der Waals surface area contributed by atoms with Gasteiger partial charge in [0.2, 0.25) is 5.95 Å². The fraction of sp³-hybridized carbons (Fsp3) is 0.381. The number of carbonyl (C=O) groups excluding carboxylic acids is 2. The van der Waals surface area contributed by atoms with Crippen molar-refractivity contribution in [1.82, 2.24) is 15.3 Å². The van der Waals surface area contributed by atoms with E-state index in [0.29, 0.717) is 30.2 Å². The Labute approximate surface area is 189 Å². The van der Waals surface area contributed by atoms with Crippen LogP contribution in [0, 0.1) is 0 Å². The van der Waals surface area contributed by atoms with E-state index in [2.05, 4.69) is 25.9 Å². The number of fused-ring (bicyclic) bond motifs is 1. The molecule has 2 heterocycles. The molecule has 12 heteroatoms. The first kappa shape index (κ1) is 23.6. The predicted molar refractivity (Wildman–Crippen MR) is 124 cm³/mol. The number of nitrogens with zero attached hydrogens (tertiary/aromatic N) is 2. The number of hydrogen-bond donors (Lipinski definition) is 6. The smallest absolute Gasteiger partial charge is 0.326 e. The lowest BCUT2D eigenvalue weighted by Crippen LogP contribution is -2.48. The number of nitrogen functional groups attached to an aromatic ring is 1. The van der Waals surface area contributed by atoms with Gasteiger partial charge in [-0.3, -0.25) is 9.59 Å². The van der Waals surface area contributed by atoms with Gasteiger partial charge in [-0.25, -0.2) is 4.79 Å². The number of nitrogens with two attached hydrogens (primary N) is 1. The highest BCUT2D eigenvalue weighted by atomic mass is 16.4. The summed E-state index contributed by atoms with van der Waals surface area (Å²) < 4.78 is 0. The number of aromatic nitrogens is 2. The first-order chi connectivity index (χ1) is 15.7. The molecule has 2 aromatic rings. The number of Topliss-reactive ketones (excluding diaryl/α,β-unsaturated/α-hetero) is 1. The Morgan fingerprint density at radius 1 is 1.30 bits per heavy atom. The maximum Gasteiger partial charge on any atom is 0.326 e. The average molecular weight is 457 g/mol.